The Morgan fingerprint density at radius 2 is 2.05 bits per heavy atom. The molecule has 0 aliphatic carbocycles. The standard InChI is InChI=1S/C10H11FN2O6/c11-6-1-5(10(16)17)7(13(18)19)2-4(6)9(15)8(14)3-12/h1-2,8-9,14-15H,3,12H2,(H,16,17). The van der Waals surface area contributed by atoms with Crippen LogP contribution in [-0.2, 0) is 0 Å². The minimum atomic E-state index is -1.79. The Balaban J connectivity index is 3.40. The van der Waals surface area contributed by atoms with Crippen LogP contribution in [0.25, 0.3) is 0 Å². The molecule has 104 valence electrons. The molecule has 0 heterocycles. The summed E-state index contributed by atoms with van der Waals surface area (Å²) in [5.74, 6) is -2.85. The number of nitrogens with zero attached hydrogens (tertiary/aromatic N) is 1. The summed E-state index contributed by atoms with van der Waals surface area (Å²) in [6.07, 6.45) is -3.31. The minimum Gasteiger partial charge on any atom is -0.477 e. The van der Waals surface area contributed by atoms with Gasteiger partial charge in [0.1, 0.15) is 17.5 Å². The largest absolute Gasteiger partial charge is 0.477 e. The number of rotatable bonds is 5. The molecule has 0 saturated heterocycles. The number of nitro groups is 1. The van der Waals surface area contributed by atoms with E-state index in [9.17, 15) is 29.5 Å². The first-order valence-corrected chi connectivity index (χ1v) is 5.07. The van der Waals surface area contributed by atoms with Gasteiger partial charge >= 0.3 is 5.97 Å². The van der Waals surface area contributed by atoms with Crippen molar-refractivity contribution in [2.75, 3.05) is 6.54 Å². The van der Waals surface area contributed by atoms with Crippen LogP contribution in [0, 0.1) is 15.9 Å². The molecule has 5 N–H and O–H groups in total. The van der Waals surface area contributed by atoms with Crippen LogP contribution < -0.4 is 5.73 Å². The van der Waals surface area contributed by atoms with Gasteiger partial charge in [0, 0.05) is 18.2 Å². The first kappa shape index (κ1) is 15.0. The Morgan fingerprint density at radius 3 is 2.47 bits per heavy atom. The van der Waals surface area contributed by atoms with Gasteiger partial charge in [-0.05, 0) is 6.07 Å². The molecular formula is C10H11FN2O6. The second-order valence-corrected chi connectivity index (χ2v) is 3.70. The van der Waals surface area contributed by atoms with Crippen LogP contribution in [0.1, 0.15) is 22.0 Å². The van der Waals surface area contributed by atoms with Crippen LogP contribution in [0.15, 0.2) is 12.1 Å². The molecule has 9 heteroatoms. The van der Waals surface area contributed by atoms with Crippen molar-refractivity contribution < 1.29 is 29.4 Å². The van der Waals surface area contributed by atoms with Crippen LogP contribution in [0.4, 0.5) is 10.1 Å². The number of nitro benzene ring substituents is 1. The predicted octanol–water partition coefficient (Wildman–Crippen LogP) is -0.215. The van der Waals surface area contributed by atoms with Crippen LogP contribution >= 0.6 is 0 Å². The molecule has 0 aliphatic heterocycles. The first-order chi connectivity index (χ1) is 8.79. The number of carbonyl (C=O) groups is 1. The second kappa shape index (κ2) is 5.69. The number of benzene rings is 1. The van der Waals surface area contributed by atoms with Gasteiger partial charge in [0.05, 0.1) is 11.0 Å². The quantitative estimate of drug-likeness (QED) is 0.428. The number of hydrogen-bond donors (Lipinski definition) is 4. The fourth-order valence-electron chi connectivity index (χ4n) is 1.46. The lowest BCUT2D eigenvalue weighted by Crippen LogP contribution is -2.28. The molecule has 0 fully saturated rings. The summed E-state index contributed by atoms with van der Waals surface area (Å²) < 4.78 is 13.6. The molecule has 0 aromatic heterocycles. The summed E-state index contributed by atoms with van der Waals surface area (Å²) in [6, 6.07) is 0.991. The summed E-state index contributed by atoms with van der Waals surface area (Å²) in [6.45, 7) is -0.394. The third-order valence-electron chi connectivity index (χ3n) is 2.47. The molecule has 8 nitrogen and oxygen atoms in total. The van der Waals surface area contributed by atoms with Crippen LogP contribution in [0.5, 0.6) is 0 Å². The SMILES string of the molecule is NCC(O)C(O)c1cc([N+](=O)[O-])c(C(=O)O)cc1F. The van der Waals surface area contributed by atoms with Gasteiger partial charge in [-0.2, -0.15) is 0 Å². The van der Waals surface area contributed by atoms with Crippen molar-refractivity contribution >= 4 is 11.7 Å². The van der Waals surface area contributed by atoms with Gasteiger partial charge < -0.3 is 21.1 Å². The van der Waals surface area contributed by atoms with Gasteiger partial charge in [-0.15, -0.1) is 0 Å². The van der Waals surface area contributed by atoms with Crippen molar-refractivity contribution in [2.24, 2.45) is 5.73 Å². The van der Waals surface area contributed by atoms with Crippen molar-refractivity contribution in [3.05, 3.63) is 39.2 Å². The number of hydrogen-bond acceptors (Lipinski definition) is 6. The average molecular weight is 274 g/mol. The maximum absolute atomic E-state index is 13.6. The zero-order chi connectivity index (χ0) is 14.7. The van der Waals surface area contributed by atoms with E-state index in [0.29, 0.717) is 12.1 Å². The molecule has 1 aromatic rings. The number of nitrogens with two attached hydrogens (primary N) is 1. The first-order valence-electron chi connectivity index (χ1n) is 5.07. The van der Waals surface area contributed by atoms with Gasteiger partial charge in [0.25, 0.3) is 5.69 Å². The molecule has 0 spiro atoms. The lowest BCUT2D eigenvalue weighted by atomic mass is 10.0. The molecular weight excluding hydrogens is 263 g/mol. The van der Waals surface area contributed by atoms with Crippen molar-refractivity contribution in [1.82, 2.24) is 0 Å². The van der Waals surface area contributed by atoms with Crippen LogP contribution in [0.3, 0.4) is 0 Å². The number of aliphatic hydroxyl groups excluding tert-OH is 2. The molecule has 1 aromatic carbocycles. The van der Waals surface area contributed by atoms with Crippen LogP contribution in [-0.4, -0.2) is 38.9 Å². The maximum Gasteiger partial charge on any atom is 0.342 e. The molecule has 0 bridgehead atoms. The molecule has 2 atom stereocenters. The Morgan fingerprint density at radius 1 is 1.47 bits per heavy atom. The van der Waals surface area contributed by atoms with E-state index < -0.39 is 52.3 Å². The smallest absolute Gasteiger partial charge is 0.342 e. The summed E-state index contributed by atoms with van der Waals surface area (Å²) >= 11 is 0. The minimum absolute atomic E-state index is 0.394. The summed E-state index contributed by atoms with van der Waals surface area (Å²) in [5, 5.41) is 38.3. The highest BCUT2D eigenvalue weighted by atomic mass is 19.1. The fraction of sp³-hybridized carbons (Fsp3) is 0.300. The molecule has 0 aliphatic rings. The third-order valence-corrected chi connectivity index (χ3v) is 2.47. The Kier molecular flexibility index (Phi) is 4.48. The van der Waals surface area contributed by atoms with Crippen molar-refractivity contribution in [2.45, 2.75) is 12.2 Å². The van der Waals surface area contributed by atoms with Crippen molar-refractivity contribution in [1.29, 1.82) is 0 Å². The predicted molar refractivity (Wildman–Crippen MR) is 60.0 cm³/mol. The molecule has 0 radical (unpaired) electrons. The van der Waals surface area contributed by atoms with Gasteiger partial charge in [0.15, 0.2) is 0 Å². The Labute approximate surface area is 106 Å². The Hall–Kier alpha value is -2.10. The summed E-state index contributed by atoms with van der Waals surface area (Å²) in [5.41, 5.74) is 2.76. The average Bonchev–Trinajstić information content (AvgIpc) is 2.36. The monoisotopic (exact) mass is 274 g/mol. The fourth-order valence-corrected chi connectivity index (χ4v) is 1.46. The highest BCUT2D eigenvalue weighted by molar-refractivity contribution is 5.92. The Bertz CT molecular complexity index is 521. The summed E-state index contributed by atoms with van der Waals surface area (Å²) in [4.78, 5) is 20.4. The highest BCUT2D eigenvalue weighted by Gasteiger charge is 2.28. The van der Waals surface area contributed by atoms with Gasteiger partial charge in [-0.25, -0.2) is 9.18 Å². The lowest BCUT2D eigenvalue weighted by molar-refractivity contribution is -0.385. The highest BCUT2D eigenvalue weighted by Crippen LogP contribution is 2.28. The number of carboxylic acid groups (broad SMARTS) is 1. The van der Waals surface area contributed by atoms with Crippen molar-refractivity contribution in [3.8, 4) is 0 Å². The normalized spacial score (nSPS) is 13.9. The summed E-state index contributed by atoms with van der Waals surface area (Å²) in [7, 11) is 0. The van der Waals surface area contributed by atoms with E-state index in [1.807, 2.05) is 0 Å². The topological polar surface area (TPSA) is 147 Å². The van der Waals surface area contributed by atoms with E-state index in [0.717, 1.165) is 0 Å². The molecule has 2 unspecified atom stereocenters. The number of aliphatic hydroxyl groups is 2. The number of aromatic carboxylic acids is 1. The second-order valence-electron chi connectivity index (χ2n) is 3.70. The molecule has 1 rings (SSSR count). The van der Waals surface area contributed by atoms with Crippen LogP contribution in [0.2, 0.25) is 0 Å². The molecule has 19 heavy (non-hydrogen) atoms. The van der Waals surface area contributed by atoms with E-state index in [2.05, 4.69) is 0 Å². The van der Waals surface area contributed by atoms with E-state index >= 15 is 0 Å². The van der Waals surface area contributed by atoms with E-state index in [1.165, 1.54) is 0 Å². The zero-order valence-electron chi connectivity index (χ0n) is 9.49. The van der Waals surface area contributed by atoms with E-state index in [4.69, 9.17) is 10.8 Å². The van der Waals surface area contributed by atoms with E-state index in [-0.39, 0.29) is 0 Å². The number of halogens is 1. The van der Waals surface area contributed by atoms with Crippen molar-refractivity contribution in [3.63, 3.8) is 0 Å². The molecule has 0 amide bonds. The molecule has 0 saturated carbocycles. The van der Waals surface area contributed by atoms with Gasteiger partial charge in [-0.3, -0.25) is 10.1 Å². The van der Waals surface area contributed by atoms with Gasteiger partial charge in [-0.1, -0.05) is 0 Å². The lowest BCUT2D eigenvalue weighted by Gasteiger charge is -2.17. The zero-order valence-corrected chi connectivity index (χ0v) is 9.49. The maximum atomic E-state index is 13.6. The third kappa shape index (κ3) is 3.02. The van der Waals surface area contributed by atoms with Gasteiger partial charge in [0.2, 0.25) is 0 Å². The number of carboxylic acids is 1. The van der Waals surface area contributed by atoms with E-state index in [1.54, 1.807) is 0 Å².